The summed E-state index contributed by atoms with van der Waals surface area (Å²) in [5, 5.41) is 4.36. The topological polar surface area (TPSA) is 21.3 Å². The fourth-order valence-electron chi connectivity index (χ4n) is 2.07. The molecule has 2 nitrogen and oxygen atoms in total. The summed E-state index contributed by atoms with van der Waals surface area (Å²) >= 11 is 12.1. The lowest BCUT2D eigenvalue weighted by molar-refractivity contribution is 0.209. The van der Waals surface area contributed by atoms with Crippen LogP contribution in [-0.4, -0.2) is 6.54 Å². The van der Waals surface area contributed by atoms with Crippen molar-refractivity contribution < 1.29 is 9.13 Å². The lowest BCUT2D eigenvalue weighted by atomic mass is 10.1. The summed E-state index contributed by atoms with van der Waals surface area (Å²) in [5.74, 6) is 0.144. The van der Waals surface area contributed by atoms with E-state index in [2.05, 4.69) is 5.32 Å². The molecule has 3 rings (SSSR count). The third kappa shape index (κ3) is 2.48. The minimum absolute atomic E-state index is 0.291. The van der Waals surface area contributed by atoms with Gasteiger partial charge in [-0.3, -0.25) is 0 Å². The second-order valence-electron chi connectivity index (χ2n) is 4.29. The van der Waals surface area contributed by atoms with E-state index in [0.29, 0.717) is 22.3 Å². The van der Waals surface area contributed by atoms with Crippen LogP contribution in [0.25, 0.3) is 0 Å². The summed E-state index contributed by atoms with van der Waals surface area (Å²) in [7, 11) is 0. The molecule has 0 amide bonds. The molecule has 98 valence electrons. The molecule has 5 heteroatoms. The molecule has 1 heterocycles. The predicted octanol–water partition coefficient (Wildman–Crippen LogP) is 4.68. The van der Waals surface area contributed by atoms with Gasteiger partial charge in [0.2, 0.25) is 0 Å². The number of anilines is 1. The predicted molar refractivity (Wildman–Crippen MR) is 74.7 cm³/mol. The molecule has 0 radical (unpaired) electrons. The smallest absolute Gasteiger partial charge is 0.146 e. The number of nitrogens with one attached hydrogen (secondary N) is 1. The lowest BCUT2D eigenvalue weighted by Crippen LogP contribution is -2.23. The number of halogens is 3. The Bertz CT molecular complexity index is 633. The highest BCUT2D eigenvalue weighted by Gasteiger charge is 2.23. The first kappa shape index (κ1) is 12.6. The van der Waals surface area contributed by atoms with E-state index in [4.69, 9.17) is 27.9 Å². The molecule has 0 aromatic heterocycles. The van der Waals surface area contributed by atoms with Gasteiger partial charge in [-0.1, -0.05) is 23.2 Å². The number of ether oxygens (including phenoxy) is 1. The van der Waals surface area contributed by atoms with Gasteiger partial charge in [-0.15, -0.1) is 0 Å². The fraction of sp³-hybridized carbons (Fsp3) is 0.143. The largest absolute Gasteiger partial charge is 0.482 e. The van der Waals surface area contributed by atoms with E-state index >= 15 is 0 Å². The number of benzene rings is 2. The number of hydrogen-bond donors (Lipinski definition) is 1. The summed E-state index contributed by atoms with van der Waals surface area (Å²) in [5.41, 5.74) is 1.56. The first-order valence-corrected chi connectivity index (χ1v) is 6.54. The van der Waals surface area contributed by atoms with Crippen molar-refractivity contribution in [3.8, 4) is 5.75 Å². The van der Waals surface area contributed by atoms with Crippen molar-refractivity contribution in [2.24, 2.45) is 0 Å². The molecule has 0 aliphatic carbocycles. The third-order valence-electron chi connectivity index (χ3n) is 3.00. The quantitative estimate of drug-likeness (QED) is 0.825. The average molecular weight is 298 g/mol. The molecule has 2 aromatic rings. The van der Waals surface area contributed by atoms with Gasteiger partial charge in [0.05, 0.1) is 12.2 Å². The van der Waals surface area contributed by atoms with Crippen molar-refractivity contribution in [2.75, 3.05) is 11.9 Å². The van der Waals surface area contributed by atoms with Gasteiger partial charge in [-0.2, -0.15) is 0 Å². The zero-order valence-electron chi connectivity index (χ0n) is 9.79. The fourth-order valence-corrected chi connectivity index (χ4v) is 2.49. The van der Waals surface area contributed by atoms with E-state index in [-0.39, 0.29) is 11.9 Å². The van der Waals surface area contributed by atoms with Crippen LogP contribution in [0, 0.1) is 5.82 Å². The number of rotatable bonds is 1. The van der Waals surface area contributed by atoms with Gasteiger partial charge in [0.1, 0.15) is 17.7 Å². The maximum Gasteiger partial charge on any atom is 0.146 e. The maximum atomic E-state index is 13.2. The third-order valence-corrected chi connectivity index (χ3v) is 3.58. The van der Waals surface area contributed by atoms with Crippen LogP contribution in [-0.2, 0) is 0 Å². The standard InChI is InChI=1S/C14H10Cl2FNO/c15-8-1-3-11(16)10(5-8)14-7-18-12-4-2-9(17)6-13(12)19-14/h1-6,14,18H,7H2. The lowest BCUT2D eigenvalue weighted by Gasteiger charge is -2.28. The van der Waals surface area contributed by atoms with Gasteiger partial charge in [0.25, 0.3) is 0 Å². The Morgan fingerprint density at radius 1 is 1.16 bits per heavy atom. The van der Waals surface area contributed by atoms with Crippen molar-refractivity contribution >= 4 is 28.9 Å². The van der Waals surface area contributed by atoms with Crippen molar-refractivity contribution in [3.63, 3.8) is 0 Å². The Kier molecular flexibility index (Phi) is 3.25. The molecule has 1 atom stereocenters. The molecule has 0 bridgehead atoms. The first-order valence-electron chi connectivity index (χ1n) is 5.78. The molecule has 1 N–H and O–H groups in total. The van der Waals surface area contributed by atoms with Crippen LogP contribution in [0.1, 0.15) is 11.7 Å². The highest BCUT2D eigenvalue weighted by Crippen LogP contribution is 2.37. The van der Waals surface area contributed by atoms with Crippen molar-refractivity contribution in [1.82, 2.24) is 0 Å². The molecule has 1 unspecified atom stereocenters. The maximum absolute atomic E-state index is 13.2. The Morgan fingerprint density at radius 2 is 2.00 bits per heavy atom. The van der Waals surface area contributed by atoms with E-state index in [1.54, 1.807) is 24.3 Å². The second kappa shape index (κ2) is 4.91. The SMILES string of the molecule is Fc1ccc2c(c1)OC(c1cc(Cl)ccc1Cl)CN2. The molecule has 0 saturated heterocycles. The van der Waals surface area contributed by atoms with E-state index in [9.17, 15) is 4.39 Å². The van der Waals surface area contributed by atoms with Gasteiger partial charge in [-0.05, 0) is 30.3 Å². The molecule has 1 aliphatic rings. The molecular weight excluding hydrogens is 288 g/mol. The van der Waals surface area contributed by atoms with Gasteiger partial charge in [-0.25, -0.2) is 4.39 Å². The Balaban J connectivity index is 1.95. The Hall–Kier alpha value is -1.45. The number of hydrogen-bond acceptors (Lipinski definition) is 2. The van der Waals surface area contributed by atoms with Crippen LogP contribution < -0.4 is 10.1 Å². The summed E-state index contributed by atoms with van der Waals surface area (Å²) in [4.78, 5) is 0. The van der Waals surface area contributed by atoms with Crippen LogP contribution in [0.4, 0.5) is 10.1 Å². The zero-order chi connectivity index (χ0) is 13.4. The van der Waals surface area contributed by atoms with Crippen LogP contribution in [0.3, 0.4) is 0 Å². The average Bonchev–Trinajstić information content (AvgIpc) is 2.40. The van der Waals surface area contributed by atoms with E-state index in [0.717, 1.165) is 11.3 Å². The molecule has 2 aromatic carbocycles. The first-order chi connectivity index (χ1) is 9.13. The summed E-state index contributed by atoms with van der Waals surface area (Å²) in [6.07, 6.45) is -0.291. The monoisotopic (exact) mass is 297 g/mol. The zero-order valence-corrected chi connectivity index (χ0v) is 11.3. The van der Waals surface area contributed by atoms with Crippen molar-refractivity contribution in [3.05, 3.63) is 57.8 Å². The van der Waals surface area contributed by atoms with E-state index in [1.165, 1.54) is 12.1 Å². The van der Waals surface area contributed by atoms with Crippen LogP contribution in [0.15, 0.2) is 36.4 Å². The van der Waals surface area contributed by atoms with Crippen LogP contribution in [0.5, 0.6) is 5.75 Å². The van der Waals surface area contributed by atoms with Gasteiger partial charge in [0.15, 0.2) is 0 Å². The van der Waals surface area contributed by atoms with Gasteiger partial charge < -0.3 is 10.1 Å². The highest BCUT2D eigenvalue weighted by atomic mass is 35.5. The number of fused-ring (bicyclic) bond motifs is 1. The Labute approximate surface area is 120 Å². The summed E-state index contributed by atoms with van der Waals surface area (Å²) in [6.45, 7) is 0.554. The Morgan fingerprint density at radius 3 is 2.84 bits per heavy atom. The van der Waals surface area contributed by atoms with Crippen LogP contribution in [0.2, 0.25) is 10.0 Å². The van der Waals surface area contributed by atoms with Gasteiger partial charge >= 0.3 is 0 Å². The molecule has 0 fully saturated rings. The summed E-state index contributed by atoms with van der Waals surface area (Å²) in [6, 6.07) is 9.61. The van der Waals surface area contributed by atoms with Crippen molar-refractivity contribution in [1.29, 1.82) is 0 Å². The van der Waals surface area contributed by atoms with E-state index < -0.39 is 0 Å². The molecular formula is C14H10Cl2FNO. The minimum Gasteiger partial charge on any atom is -0.482 e. The molecule has 1 aliphatic heterocycles. The molecule has 0 spiro atoms. The highest BCUT2D eigenvalue weighted by molar-refractivity contribution is 6.33. The normalized spacial score (nSPS) is 17.3. The molecule has 19 heavy (non-hydrogen) atoms. The minimum atomic E-state index is -0.335. The van der Waals surface area contributed by atoms with Crippen molar-refractivity contribution in [2.45, 2.75) is 6.10 Å². The molecule has 0 saturated carbocycles. The van der Waals surface area contributed by atoms with Crippen LogP contribution >= 0.6 is 23.2 Å². The van der Waals surface area contributed by atoms with Gasteiger partial charge in [0, 0.05) is 21.7 Å². The second-order valence-corrected chi connectivity index (χ2v) is 5.14. The summed E-state index contributed by atoms with van der Waals surface area (Å²) < 4.78 is 19.0. The van der Waals surface area contributed by atoms with E-state index in [1.807, 2.05) is 0 Å².